The number of carbonyl (C=O) groups excluding carboxylic acids is 1. The third-order valence-electron chi connectivity index (χ3n) is 3.11. The molecule has 1 amide bonds. The number of benzene rings is 2. The molecule has 20 heavy (non-hydrogen) atoms. The molecular weight excluding hydrogens is 257 g/mol. The minimum atomic E-state index is -0.478. The minimum Gasteiger partial charge on any atom is -0.394 e. The van der Waals surface area contributed by atoms with Gasteiger partial charge in [0.05, 0.1) is 12.6 Å². The lowest BCUT2D eigenvalue weighted by Crippen LogP contribution is -2.30. The molecule has 0 bridgehead atoms. The van der Waals surface area contributed by atoms with Gasteiger partial charge in [-0.05, 0) is 36.2 Å². The zero-order valence-electron chi connectivity index (χ0n) is 11.1. The monoisotopic (exact) mass is 273 g/mol. The van der Waals surface area contributed by atoms with E-state index in [1.165, 1.54) is 18.2 Å². The minimum absolute atomic E-state index is 0.198. The number of aryl methyl sites for hydroxylation is 1. The molecule has 0 aliphatic rings. The van der Waals surface area contributed by atoms with E-state index < -0.39 is 6.04 Å². The van der Waals surface area contributed by atoms with Crippen molar-refractivity contribution in [1.29, 1.82) is 0 Å². The Bertz CT molecular complexity index is 599. The first-order valence-electron chi connectivity index (χ1n) is 6.34. The Morgan fingerprint density at radius 2 is 1.95 bits per heavy atom. The van der Waals surface area contributed by atoms with Crippen LogP contribution in [0.1, 0.15) is 27.5 Å². The van der Waals surface area contributed by atoms with Gasteiger partial charge in [-0.1, -0.05) is 30.3 Å². The van der Waals surface area contributed by atoms with Crippen LogP contribution in [-0.2, 0) is 0 Å². The Morgan fingerprint density at radius 1 is 1.25 bits per heavy atom. The number of amides is 1. The van der Waals surface area contributed by atoms with Gasteiger partial charge in [-0.15, -0.1) is 0 Å². The molecule has 0 saturated carbocycles. The fraction of sp³-hybridized carbons (Fsp3) is 0.188. The van der Waals surface area contributed by atoms with Crippen LogP contribution in [0, 0.1) is 12.7 Å². The normalized spacial score (nSPS) is 11.9. The molecule has 2 aromatic rings. The number of halogens is 1. The fourth-order valence-electron chi connectivity index (χ4n) is 1.95. The molecular formula is C16H16FNO2. The van der Waals surface area contributed by atoms with Crippen LogP contribution in [0.5, 0.6) is 0 Å². The van der Waals surface area contributed by atoms with Crippen LogP contribution in [-0.4, -0.2) is 17.6 Å². The predicted molar refractivity (Wildman–Crippen MR) is 74.9 cm³/mol. The van der Waals surface area contributed by atoms with Gasteiger partial charge in [-0.2, -0.15) is 0 Å². The standard InChI is InChI=1S/C16H16FNO2/c1-11-9-13(7-8-14(11)17)16(20)18-15(10-19)12-5-3-2-4-6-12/h2-9,15,19H,10H2,1H3,(H,18,20). The molecule has 2 aromatic carbocycles. The highest BCUT2D eigenvalue weighted by molar-refractivity contribution is 5.94. The number of aliphatic hydroxyl groups excluding tert-OH is 1. The second kappa shape index (κ2) is 6.30. The topological polar surface area (TPSA) is 49.3 Å². The van der Waals surface area contributed by atoms with Crippen LogP contribution < -0.4 is 5.32 Å². The first-order chi connectivity index (χ1) is 9.61. The van der Waals surface area contributed by atoms with Crippen molar-refractivity contribution in [3.05, 3.63) is 71.0 Å². The summed E-state index contributed by atoms with van der Waals surface area (Å²) in [6.07, 6.45) is 0. The lowest BCUT2D eigenvalue weighted by molar-refractivity contribution is 0.0916. The van der Waals surface area contributed by atoms with Crippen molar-refractivity contribution in [2.45, 2.75) is 13.0 Å². The Hall–Kier alpha value is -2.20. The second-order valence-electron chi connectivity index (χ2n) is 4.58. The summed E-state index contributed by atoms with van der Waals surface area (Å²) in [7, 11) is 0. The number of hydrogen-bond donors (Lipinski definition) is 2. The van der Waals surface area contributed by atoms with Crippen LogP contribution in [0.4, 0.5) is 4.39 Å². The van der Waals surface area contributed by atoms with Gasteiger partial charge >= 0.3 is 0 Å². The third kappa shape index (κ3) is 3.22. The number of hydrogen-bond acceptors (Lipinski definition) is 2. The van der Waals surface area contributed by atoms with Crippen LogP contribution in [0.2, 0.25) is 0 Å². The van der Waals surface area contributed by atoms with Crippen molar-refractivity contribution in [1.82, 2.24) is 5.32 Å². The quantitative estimate of drug-likeness (QED) is 0.899. The molecule has 1 unspecified atom stereocenters. The first kappa shape index (κ1) is 14.2. The summed E-state index contributed by atoms with van der Waals surface area (Å²) in [5.41, 5.74) is 1.61. The molecule has 0 radical (unpaired) electrons. The van der Waals surface area contributed by atoms with Gasteiger partial charge < -0.3 is 10.4 Å². The van der Waals surface area contributed by atoms with E-state index in [0.717, 1.165) is 5.56 Å². The largest absolute Gasteiger partial charge is 0.394 e. The van der Waals surface area contributed by atoms with Crippen molar-refractivity contribution in [2.75, 3.05) is 6.61 Å². The molecule has 0 fully saturated rings. The van der Waals surface area contributed by atoms with Gasteiger partial charge in [-0.25, -0.2) is 4.39 Å². The Balaban J connectivity index is 2.15. The SMILES string of the molecule is Cc1cc(C(=O)NC(CO)c2ccccc2)ccc1F. The Labute approximate surface area is 117 Å². The van der Waals surface area contributed by atoms with Crippen molar-refractivity contribution in [3.8, 4) is 0 Å². The predicted octanol–water partition coefficient (Wildman–Crippen LogP) is 2.60. The summed E-state index contributed by atoms with van der Waals surface area (Å²) in [6, 6.07) is 12.9. The summed E-state index contributed by atoms with van der Waals surface area (Å²) < 4.78 is 13.2. The van der Waals surface area contributed by atoms with Crippen molar-refractivity contribution >= 4 is 5.91 Å². The maximum Gasteiger partial charge on any atom is 0.251 e. The van der Waals surface area contributed by atoms with Gasteiger partial charge in [0.1, 0.15) is 5.82 Å². The molecule has 0 spiro atoms. The lowest BCUT2D eigenvalue weighted by atomic mass is 10.1. The maximum atomic E-state index is 13.2. The van der Waals surface area contributed by atoms with E-state index in [1.54, 1.807) is 6.92 Å². The molecule has 0 aliphatic carbocycles. The molecule has 0 saturated heterocycles. The van der Waals surface area contributed by atoms with E-state index >= 15 is 0 Å². The highest BCUT2D eigenvalue weighted by atomic mass is 19.1. The number of aliphatic hydroxyl groups is 1. The van der Waals surface area contributed by atoms with Crippen molar-refractivity contribution < 1.29 is 14.3 Å². The molecule has 0 aromatic heterocycles. The van der Waals surface area contributed by atoms with Crippen LogP contribution in [0.25, 0.3) is 0 Å². The molecule has 104 valence electrons. The molecule has 3 nitrogen and oxygen atoms in total. The van der Waals surface area contributed by atoms with E-state index in [-0.39, 0.29) is 18.3 Å². The number of carbonyl (C=O) groups is 1. The zero-order valence-corrected chi connectivity index (χ0v) is 11.1. The Morgan fingerprint density at radius 3 is 2.55 bits per heavy atom. The van der Waals surface area contributed by atoms with Gasteiger partial charge in [-0.3, -0.25) is 4.79 Å². The average molecular weight is 273 g/mol. The molecule has 2 N–H and O–H groups in total. The van der Waals surface area contributed by atoms with Gasteiger partial charge in [0.2, 0.25) is 0 Å². The third-order valence-corrected chi connectivity index (χ3v) is 3.11. The molecule has 2 rings (SSSR count). The maximum absolute atomic E-state index is 13.2. The van der Waals surface area contributed by atoms with E-state index in [2.05, 4.69) is 5.32 Å². The molecule has 0 heterocycles. The van der Waals surface area contributed by atoms with Crippen molar-refractivity contribution in [2.24, 2.45) is 0 Å². The molecule has 1 atom stereocenters. The number of nitrogens with one attached hydrogen (secondary N) is 1. The van der Waals surface area contributed by atoms with Gasteiger partial charge in [0.15, 0.2) is 0 Å². The van der Waals surface area contributed by atoms with E-state index in [0.29, 0.717) is 11.1 Å². The molecule has 4 heteroatoms. The van der Waals surface area contributed by atoms with Gasteiger partial charge in [0.25, 0.3) is 5.91 Å². The second-order valence-corrected chi connectivity index (χ2v) is 4.58. The van der Waals surface area contributed by atoms with E-state index in [1.807, 2.05) is 30.3 Å². The Kier molecular flexibility index (Phi) is 4.48. The highest BCUT2D eigenvalue weighted by Gasteiger charge is 2.15. The number of rotatable bonds is 4. The zero-order chi connectivity index (χ0) is 14.5. The fourth-order valence-corrected chi connectivity index (χ4v) is 1.95. The summed E-state index contributed by atoms with van der Waals surface area (Å²) in [4.78, 5) is 12.1. The van der Waals surface area contributed by atoms with Crippen LogP contribution in [0.15, 0.2) is 48.5 Å². The summed E-state index contributed by atoms with van der Waals surface area (Å²) in [6.45, 7) is 1.41. The van der Waals surface area contributed by atoms with E-state index in [4.69, 9.17) is 0 Å². The lowest BCUT2D eigenvalue weighted by Gasteiger charge is -2.17. The molecule has 0 aliphatic heterocycles. The highest BCUT2D eigenvalue weighted by Crippen LogP contribution is 2.14. The first-order valence-corrected chi connectivity index (χ1v) is 6.34. The van der Waals surface area contributed by atoms with Crippen LogP contribution in [0.3, 0.4) is 0 Å². The van der Waals surface area contributed by atoms with Gasteiger partial charge in [0, 0.05) is 5.56 Å². The van der Waals surface area contributed by atoms with E-state index in [9.17, 15) is 14.3 Å². The summed E-state index contributed by atoms with van der Waals surface area (Å²) in [5.74, 6) is -0.681. The van der Waals surface area contributed by atoms with Crippen molar-refractivity contribution in [3.63, 3.8) is 0 Å². The smallest absolute Gasteiger partial charge is 0.251 e. The average Bonchev–Trinajstić information content (AvgIpc) is 2.48. The summed E-state index contributed by atoms with van der Waals surface area (Å²) >= 11 is 0. The van der Waals surface area contributed by atoms with Crippen LogP contribution >= 0.6 is 0 Å². The summed E-state index contributed by atoms with van der Waals surface area (Å²) in [5, 5.41) is 12.1.